The van der Waals surface area contributed by atoms with Crippen LogP contribution in [0.4, 0.5) is 27.8 Å². The van der Waals surface area contributed by atoms with Crippen molar-refractivity contribution in [1.29, 1.82) is 0 Å². The van der Waals surface area contributed by atoms with Gasteiger partial charge in [0.05, 0.1) is 5.52 Å². The number of halogens is 5. The van der Waals surface area contributed by atoms with Crippen molar-refractivity contribution in [2.24, 2.45) is 0 Å². The third kappa shape index (κ3) is 3.42. The van der Waals surface area contributed by atoms with E-state index in [9.17, 15) is 22.0 Å². The van der Waals surface area contributed by atoms with Gasteiger partial charge in [-0.05, 0) is 35.9 Å². The monoisotopic (exact) mass is 339 g/mol. The lowest BCUT2D eigenvalue weighted by Gasteiger charge is -2.12. The number of nitrogens with one attached hydrogen (secondary N) is 1. The number of rotatable bonds is 3. The van der Waals surface area contributed by atoms with Crippen LogP contribution in [0.3, 0.4) is 0 Å². The molecule has 2 aromatic carbocycles. The molecule has 8 heteroatoms. The molecule has 3 nitrogen and oxygen atoms in total. The van der Waals surface area contributed by atoms with Gasteiger partial charge in [-0.15, -0.1) is 0 Å². The number of hydrogen-bond acceptors (Lipinski definition) is 3. The van der Waals surface area contributed by atoms with Crippen LogP contribution in [0.1, 0.15) is 11.4 Å². The summed E-state index contributed by atoms with van der Waals surface area (Å²) in [4.78, 5) is 6.88. The molecule has 0 aliphatic carbocycles. The van der Waals surface area contributed by atoms with E-state index in [2.05, 4.69) is 15.3 Å². The zero-order valence-electron chi connectivity index (χ0n) is 12.0. The largest absolute Gasteiger partial charge is 0.451 e. The minimum atomic E-state index is -4.73. The fourth-order valence-electron chi connectivity index (χ4n) is 2.15. The average molecular weight is 339 g/mol. The molecule has 0 aliphatic rings. The van der Waals surface area contributed by atoms with Crippen LogP contribution in [0.25, 0.3) is 10.9 Å². The molecule has 1 heterocycles. The molecule has 0 bridgehead atoms. The molecule has 0 spiro atoms. The maximum Gasteiger partial charge on any atom is 0.451 e. The molecule has 1 N–H and O–H groups in total. The lowest BCUT2D eigenvalue weighted by molar-refractivity contribution is -0.144. The maximum absolute atomic E-state index is 13.4. The number of anilines is 1. The average Bonchev–Trinajstić information content (AvgIpc) is 2.53. The van der Waals surface area contributed by atoms with E-state index in [0.717, 1.165) is 18.2 Å². The highest BCUT2D eigenvalue weighted by Gasteiger charge is 2.35. The second-order valence-electron chi connectivity index (χ2n) is 5.04. The molecule has 0 saturated heterocycles. The third-order valence-corrected chi connectivity index (χ3v) is 3.28. The Labute approximate surface area is 133 Å². The number of aromatic nitrogens is 2. The van der Waals surface area contributed by atoms with Crippen molar-refractivity contribution >= 4 is 16.7 Å². The minimum absolute atomic E-state index is 0.0275. The van der Waals surface area contributed by atoms with E-state index in [1.807, 2.05) is 0 Å². The summed E-state index contributed by atoms with van der Waals surface area (Å²) in [6.45, 7) is 0.0974. The van der Waals surface area contributed by atoms with Crippen LogP contribution in [0.2, 0.25) is 0 Å². The molecule has 0 radical (unpaired) electrons. The van der Waals surface area contributed by atoms with Gasteiger partial charge in [-0.3, -0.25) is 0 Å². The molecule has 3 rings (SSSR count). The zero-order chi connectivity index (χ0) is 17.3. The first kappa shape index (κ1) is 16.1. The standard InChI is InChI=1S/C16H10F5N3/c17-10-3-1-9(2-4-10)8-22-14-12-7-11(18)5-6-13(12)23-15(24-14)16(19,20)21/h1-7H,8H2,(H,22,23,24). The van der Waals surface area contributed by atoms with E-state index >= 15 is 0 Å². The van der Waals surface area contributed by atoms with Gasteiger partial charge >= 0.3 is 6.18 Å². The van der Waals surface area contributed by atoms with Crippen LogP contribution in [0.15, 0.2) is 42.5 Å². The van der Waals surface area contributed by atoms with Gasteiger partial charge in [0.1, 0.15) is 17.5 Å². The number of hydrogen-bond donors (Lipinski definition) is 1. The second kappa shape index (κ2) is 6.03. The van der Waals surface area contributed by atoms with E-state index in [4.69, 9.17) is 0 Å². The summed E-state index contributed by atoms with van der Waals surface area (Å²) in [5.74, 6) is -2.50. The van der Waals surface area contributed by atoms with Gasteiger partial charge < -0.3 is 5.32 Å². The van der Waals surface area contributed by atoms with Crippen LogP contribution in [0, 0.1) is 11.6 Å². The molecule has 124 valence electrons. The Hall–Kier alpha value is -2.77. The van der Waals surface area contributed by atoms with Crippen molar-refractivity contribution in [3.05, 3.63) is 65.5 Å². The number of fused-ring (bicyclic) bond motifs is 1. The van der Waals surface area contributed by atoms with Crippen LogP contribution < -0.4 is 5.32 Å². The molecule has 0 saturated carbocycles. The normalized spacial score (nSPS) is 11.7. The molecule has 0 unspecified atom stereocenters. The lowest BCUT2D eigenvalue weighted by Crippen LogP contribution is -2.13. The van der Waals surface area contributed by atoms with E-state index in [0.29, 0.717) is 5.56 Å². The van der Waals surface area contributed by atoms with E-state index in [1.54, 1.807) is 0 Å². The van der Waals surface area contributed by atoms with Crippen LogP contribution in [-0.4, -0.2) is 9.97 Å². The summed E-state index contributed by atoms with van der Waals surface area (Å²) in [6.07, 6.45) is -4.73. The molecule has 1 aromatic heterocycles. The Balaban J connectivity index is 2.00. The van der Waals surface area contributed by atoms with Gasteiger partial charge in [-0.1, -0.05) is 12.1 Å². The van der Waals surface area contributed by atoms with Crippen molar-refractivity contribution < 1.29 is 22.0 Å². The van der Waals surface area contributed by atoms with Crippen LogP contribution >= 0.6 is 0 Å². The molecule has 24 heavy (non-hydrogen) atoms. The number of alkyl halides is 3. The summed E-state index contributed by atoms with van der Waals surface area (Å²) in [5, 5.41) is 2.85. The van der Waals surface area contributed by atoms with Crippen molar-refractivity contribution in [2.45, 2.75) is 12.7 Å². The second-order valence-corrected chi connectivity index (χ2v) is 5.04. The van der Waals surface area contributed by atoms with Gasteiger partial charge in [-0.25, -0.2) is 18.7 Å². The Kier molecular flexibility index (Phi) is 4.04. The van der Waals surface area contributed by atoms with Crippen molar-refractivity contribution in [3.63, 3.8) is 0 Å². The third-order valence-electron chi connectivity index (χ3n) is 3.28. The van der Waals surface area contributed by atoms with E-state index in [-0.39, 0.29) is 23.3 Å². The summed E-state index contributed by atoms with van der Waals surface area (Å²) in [6, 6.07) is 8.67. The first-order valence-electron chi connectivity index (χ1n) is 6.86. The van der Waals surface area contributed by atoms with E-state index < -0.39 is 23.6 Å². The minimum Gasteiger partial charge on any atom is -0.365 e. The topological polar surface area (TPSA) is 37.8 Å². The fraction of sp³-hybridized carbons (Fsp3) is 0.125. The lowest BCUT2D eigenvalue weighted by atomic mass is 10.2. The predicted molar refractivity (Wildman–Crippen MR) is 78.2 cm³/mol. The molecule has 0 amide bonds. The highest BCUT2D eigenvalue weighted by Crippen LogP contribution is 2.30. The summed E-state index contributed by atoms with van der Waals surface area (Å²) >= 11 is 0. The molecule has 0 aliphatic heterocycles. The van der Waals surface area contributed by atoms with Crippen molar-refractivity contribution in [3.8, 4) is 0 Å². The molecular weight excluding hydrogens is 329 g/mol. The molecular formula is C16H10F5N3. The van der Waals surface area contributed by atoms with Gasteiger partial charge in [-0.2, -0.15) is 13.2 Å². The van der Waals surface area contributed by atoms with Gasteiger partial charge in [0.25, 0.3) is 0 Å². The molecule has 0 fully saturated rings. The first-order chi connectivity index (χ1) is 11.3. The van der Waals surface area contributed by atoms with Crippen LogP contribution in [0.5, 0.6) is 0 Å². The Morgan fingerprint density at radius 1 is 0.875 bits per heavy atom. The smallest absolute Gasteiger partial charge is 0.365 e. The first-order valence-corrected chi connectivity index (χ1v) is 6.86. The van der Waals surface area contributed by atoms with Crippen molar-refractivity contribution in [2.75, 3.05) is 5.32 Å². The van der Waals surface area contributed by atoms with Crippen molar-refractivity contribution in [1.82, 2.24) is 9.97 Å². The van der Waals surface area contributed by atoms with Gasteiger partial charge in [0, 0.05) is 11.9 Å². The number of benzene rings is 2. The highest BCUT2D eigenvalue weighted by molar-refractivity contribution is 5.89. The summed E-state index contributed by atoms with van der Waals surface area (Å²) in [7, 11) is 0. The van der Waals surface area contributed by atoms with Gasteiger partial charge in [0.2, 0.25) is 5.82 Å². The van der Waals surface area contributed by atoms with E-state index in [1.165, 1.54) is 24.3 Å². The predicted octanol–water partition coefficient (Wildman–Crippen LogP) is 4.54. The Bertz CT molecular complexity index is 875. The molecule has 3 aromatic rings. The summed E-state index contributed by atoms with van der Waals surface area (Å²) < 4.78 is 65.0. The Morgan fingerprint density at radius 3 is 2.21 bits per heavy atom. The van der Waals surface area contributed by atoms with Crippen LogP contribution in [-0.2, 0) is 12.7 Å². The zero-order valence-corrected chi connectivity index (χ0v) is 12.0. The quantitative estimate of drug-likeness (QED) is 0.712. The summed E-state index contributed by atoms with van der Waals surface area (Å²) in [5.41, 5.74) is 0.605. The SMILES string of the molecule is Fc1ccc(CNc2nc(C(F)(F)F)nc3ccc(F)cc23)cc1. The maximum atomic E-state index is 13.4. The molecule has 0 atom stereocenters. The van der Waals surface area contributed by atoms with Gasteiger partial charge in [0.15, 0.2) is 0 Å². The highest BCUT2D eigenvalue weighted by atomic mass is 19.4. The fourth-order valence-corrected chi connectivity index (χ4v) is 2.15. The number of nitrogens with zero attached hydrogens (tertiary/aromatic N) is 2. The Morgan fingerprint density at radius 2 is 1.54 bits per heavy atom.